The van der Waals surface area contributed by atoms with Crippen molar-refractivity contribution in [3.05, 3.63) is 58.1 Å². The highest BCUT2D eigenvalue weighted by Gasteiger charge is 2.20. The number of amides is 1. The summed E-state index contributed by atoms with van der Waals surface area (Å²) in [5.74, 6) is -0.114. The number of likely N-dealkylation sites (N-methyl/N-ethyl adjacent to an activating group) is 1. The number of aryl methyl sites for hydroxylation is 2. The number of carbonyl (C=O) groups is 1. The molecular weight excluding hydrogens is 346 g/mol. The Morgan fingerprint density at radius 2 is 1.85 bits per heavy atom. The Morgan fingerprint density at radius 1 is 1.12 bits per heavy atom. The maximum Gasteiger partial charge on any atom is 0.255 e. The molecule has 0 aliphatic carbocycles. The van der Waals surface area contributed by atoms with Gasteiger partial charge in [-0.2, -0.15) is 0 Å². The first kappa shape index (κ1) is 18.7. The summed E-state index contributed by atoms with van der Waals surface area (Å²) < 4.78 is 0. The van der Waals surface area contributed by atoms with E-state index in [1.807, 2.05) is 50.2 Å². The van der Waals surface area contributed by atoms with Gasteiger partial charge in [0.15, 0.2) is 0 Å². The van der Waals surface area contributed by atoms with Gasteiger partial charge in [-0.1, -0.05) is 17.7 Å². The van der Waals surface area contributed by atoms with E-state index in [4.69, 9.17) is 11.6 Å². The summed E-state index contributed by atoms with van der Waals surface area (Å²) in [5, 5.41) is 3.63. The van der Waals surface area contributed by atoms with Crippen LogP contribution < -0.4 is 15.1 Å². The van der Waals surface area contributed by atoms with Gasteiger partial charge in [0.2, 0.25) is 0 Å². The molecule has 2 N–H and O–H groups in total. The normalized spacial score (nSPS) is 15.2. The predicted octanol–water partition coefficient (Wildman–Crippen LogP) is 2.93. The van der Waals surface area contributed by atoms with Gasteiger partial charge in [0.25, 0.3) is 5.91 Å². The van der Waals surface area contributed by atoms with Gasteiger partial charge < -0.3 is 15.1 Å². The Morgan fingerprint density at radius 3 is 2.46 bits per heavy atom. The number of halogens is 1. The third-order valence-electron chi connectivity index (χ3n) is 5.29. The Hall–Kier alpha value is -2.04. The van der Waals surface area contributed by atoms with E-state index in [2.05, 4.69) is 17.1 Å². The van der Waals surface area contributed by atoms with Crippen LogP contribution in [0.25, 0.3) is 0 Å². The Bertz CT molecular complexity index is 798. The van der Waals surface area contributed by atoms with Crippen molar-refractivity contribution in [1.82, 2.24) is 0 Å². The number of rotatable bonds is 4. The van der Waals surface area contributed by atoms with Crippen molar-refractivity contribution in [3.63, 3.8) is 0 Å². The number of piperazine rings is 1. The van der Waals surface area contributed by atoms with Gasteiger partial charge in [-0.25, -0.2) is 0 Å². The van der Waals surface area contributed by atoms with Crippen molar-refractivity contribution in [2.45, 2.75) is 20.8 Å². The first-order chi connectivity index (χ1) is 12.5. The van der Waals surface area contributed by atoms with Crippen LogP contribution in [-0.2, 0) is 0 Å². The zero-order chi connectivity index (χ0) is 18.7. The van der Waals surface area contributed by atoms with Gasteiger partial charge in [-0.15, -0.1) is 0 Å². The van der Waals surface area contributed by atoms with E-state index in [1.54, 1.807) is 4.90 Å². The molecule has 1 heterocycles. The van der Waals surface area contributed by atoms with E-state index in [0.29, 0.717) is 10.6 Å². The summed E-state index contributed by atoms with van der Waals surface area (Å²) in [6.45, 7) is 11.7. The molecule has 4 nitrogen and oxygen atoms in total. The first-order valence-corrected chi connectivity index (χ1v) is 9.62. The Kier molecular flexibility index (Phi) is 5.84. The first-order valence-electron chi connectivity index (χ1n) is 9.24. The predicted molar refractivity (Wildman–Crippen MR) is 109 cm³/mol. The molecular formula is C21H27ClN3O+. The lowest BCUT2D eigenvalue weighted by Gasteiger charge is -2.33. The minimum Gasteiger partial charge on any atom is -0.359 e. The molecule has 0 unspecified atom stereocenters. The number of quaternary nitrogens is 1. The minimum absolute atomic E-state index is 0.114. The zero-order valence-electron chi connectivity index (χ0n) is 15.7. The van der Waals surface area contributed by atoms with E-state index in [-0.39, 0.29) is 5.91 Å². The van der Waals surface area contributed by atoms with E-state index < -0.39 is 0 Å². The molecule has 138 valence electrons. The standard InChI is InChI=1S/C21H26ClN3O/c1-4-24-9-11-25(12-10-24)20-8-7-18(14-19(20)22)23-21(26)17-6-5-15(2)16(3)13-17/h5-8,13-14H,4,9-12H2,1-3H3,(H,23,26)/p+1. The molecule has 1 amide bonds. The molecule has 2 aromatic carbocycles. The summed E-state index contributed by atoms with van der Waals surface area (Å²) in [6, 6.07) is 11.5. The second-order valence-electron chi connectivity index (χ2n) is 7.01. The summed E-state index contributed by atoms with van der Waals surface area (Å²) in [4.78, 5) is 16.4. The van der Waals surface area contributed by atoms with E-state index in [9.17, 15) is 4.79 Å². The molecule has 2 aromatic rings. The highest BCUT2D eigenvalue weighted by atomic mass is 35.5. The Balaban J connectivity index is 1.69. The fourth-order valence-corrected chi connectivity index (χ4v) is 3.64. The van der Waals surface area contributed by atoms with Gasteiger partial charge in [0.05, 0.1) is 43.4 Å². The van der Waals surface area contributed by atoms with Gasteiger partial charge in [0, 0.05) is 11.3 Å². The smallest absolute Gasteiger partial charge is 0.255 e. The van der Waals surface area contributed by atoms with E-state index in [1.165, 1.54) is 12.1 Å². The van der Waals surface area contributed by atoms with Crippen LogP contribution >= 0.6 is 11.6 Å². The highest BCUT2D eigenvalue weighted by Crippen LogP contribution is 2.29. The van der Waals surface area contributed by atoms with Crippen molar-refractivity contribution >= 4 is 28.9 Å². The van der Waals surface area contributed by atoms with Crippen molar-refractivity contribution in [1.29, 1.82) is 0 Å². The molecule has 5 heteroatoms. The van der Waals surface area contributed by atoms with E-state index in [0.717, 1.165) is 43.1 Å². The third kappa shape index (κ3) is 4.19. The van der Waals surface area contributed by atoms with Crippen molar-refractivity contribution in [3.8, 4) is 0 Å². The van der Waals surface area contributed by atoms with Crippen LogP contribution in [0.15, 0.2) is 36.4 Å². The minimum atomic E-state index is -0.114. The fraction of sp³-hybridized carbons (Fsp3) is 0.381. The number of anilines is 2. The van der Waals surface area contributed by atoms with Crippen molar-refractivity contribution in [2.24, 2.45) is 0 Å². The average molecular weight is 373 g/mol. The summed E-state index contributed by atoms with van der Waals surface area (Å²) >= 11 is 6.51. The third-order valence-corrected chi connectivity index (χ3v) is 5.59. The topological polar surface area (TPSA) is 36.8 Å². The lowest BCUT2D eigenvalue weighted by atomic mass is 10.1. The van der Waals surface area contributed by atoms with Crippen LogP contribution in [0.4, 0.5) is 11.4 Å². The maximum atomic E-state index is 12.5. The van der Waals surface area contributed by atoms with Gasteiger partial charge in [-0.3, -0.25) is 4.79 Å². The number of nitrogens with one attached hydrogen (secondary N) is 2. The lowest BCUT2D eigenvalue weighted by Crippen LogP contribution is -3.14. The number of nitrogens with zero attached hydrogens (tertiary/aromatic N) is 1. The number of benzene rings is 2. The number of carbonyl (C=O) groups excluding carboxylic acids is 1. The van der Waals surface area contributed by atoms with Crippen LogP contribution in [0, 0.1) is 13.8 Å². The van der Waals surface area contributed by atoms with Gasteiger partial charge >= 0.3 is 0 Å². The van der Waals surface area contributed by atoms with Crippen LogP contribution in [0.5, 0.6) is 0 Å². The van der Waals surface area contributed by atoms with Crippen LogP contribution in [0.1, 0.15) is 28.4 Å². The Labute approximate surface area is 160 Å². The summed E-state index contributed by atoms with van der Waals surface area (Å²) in [5.41, 5.74) is 4.72. The molecule has 1 aliphatic rings. The number of hydrogen-bond donors (Lipinski definition) is 2. The molecule has 3 rings (SSSR count). The monoisotopic (exact) mass is 372 g/mol. The quantitative estimate of drug-likeness (QED) is 0.865. The SMILES string of the molecule is CC[NH+]1CCN(c2ccc(NC(=O)c3ccc(C)c(C)c3)cc2Cl)CC1. The number of hydrogen-bond acceptors (Lipinski definition) is 2. The maximum absolute atomic E-state index is 12.5. The summed E-state index contributed by atoms with van der Waals surface area (Å²) in [6.07, 6.45) is 0. The van der Waals surface area contributed by atoms with E-state index >= 15 is 0 Å². The molecule has 0 bridgehead atoms. The van der Waals surface area contributed by atoms with Crippen LogP contribution in [0.2, 0.25) is 5.02 Å². The van der Waals surface area contributed by atoms with Gasteiger partial charge in [-0.05, 0) is 62.2 Å². The molecule has 0 radical (unpaired) electrons. The molecule has 0 saturated carbocycles. The molecule has 0 aromatic heterocycles. The van der Waals surface area contributed by atoms with Crippen LogP contribution in [0.3, 0.4) is 0 Å². The van der Waals surface area contributed by atoms with Crippen molar-refractivity contribution in [2.75, 3.05) is 42.9 Å². The lowest BCUT2D eigenvalue weighted by molar-refractivity contribution is -0.898. The molecule has 1 aliphatic heterocycles. The van der Waals surface area contributed by atoms with Crippen LogP contribution in [-0.4, -0.2) is 38.6 Å². The average Bonchev–Trinajstić information content (AvgIpc) is 2.64. The van der Waals surface area contributed by atoms with Crippen molar-refractivity contribution < 1.29 is 9.69 Å². The molecule has 0 spiro atoms. The fourth-order valence-electron chi connectivity index (χ4n) is 3.34. The highest BCUT2D eigenvalue weighted by molar-refractivity contribution is 6.33. The zero-order valence-corrected chi connectivity index (χ0v) is 16.5. The molecule has 1 saturated heterocycles. The molecule has 1 fully saturated rings. The second kappa shape index (κ2) is 8.11. The molecule has 0 atom stereocenters. The molecule has 26 heavy (non-hydrogen) atoms. The summed E-state index contributed by atoms with van der Waals surface area (Å²) in [7, 11) is 0. The second-order valence-corrected chi connectivity index (χ2v) is 7.42. The largest absolute Gasteiger partial charge is 0.359 e. The van der Waals surface area contributed by atoms with Gasteiger partial charge in [0.1, 0.15) is 0 Å².